The Bertz CT molecular complexity index is 577. The van der Waals surface area contributed by atoms with Crippen molar-refractivity contribution in [3.05, 3.63) is 23.0 Å². The number of hydrogen-bond acceptors (Lipinski definition) is 4. The van der Waals surface area contributed by atoms with E-state index in [0.29, 0.717) is 11.4 Å². The molecule has 0 spiro atoms. The number of imidazole rings is 1. The molecule has 0 fully saturated rings. The van der Waals surface area contributed by atoms with E-state index in [1.54, 1.807) is 17.5 Å². The van der Waals surface area contributed by atoms with Crippen molar-refractivity contribution >= 4 is 39.7 Å². The highest BCUT2D eigenvalue weighted by Crippen LogP contribution is 2.16. The lowest BCUT2D eigenvalue weighted by molar-refractivity contribution is -0.119. The molecule has 2 N–H and O–H groups in total. The van der Waals surface area contributed by atoms with E-state index in [0.717, 1.165) is 4.96 Å². The van der Waals surface area contributed by atoms with Crippen LogP contribution in [0.2, 0.25) is 0 Å². The van der Waals surface area contributed by atoms with Gasteiger partial charge in [-0.05, 0) is 6.92 Å². The fourth-order valence-electron chi connectivity index (χ4n) is 1.39. The van der Waals surface area contributed by atoms with Crippen LogP contribution in [0.5, 0.6) is 0 Å². The Kier molecular flexibility index (Phi) is 3.30. The van der Waals surface area contributed by atoms with Gasteiger partial charge in [-0.2, -0.15) is 0 Å². The van der Waals surface area contributed by atoms with Gasteiger partial charge < -0.3 is 0 Å². The molecule has 90 valence electrons. The van der Waals surface area contributed by atoms with Crippen molar-refractivity contribution in [3.8, 4) is 0 Å². The molecule has 0 aliphatic rings. The number of aryl methyl sites for hydroxylation is 1. The van der Waals surface area contributed by atoms with Crippen LogP contribution >= 0.6 is 22.9 Å². The summed E-state index contributed by atoms with van der Waals surface area (Å²) in [6, 6.07) is 0. The van der Waals surface area contributed by atoms with Gasteiger partial charge in [0.15, 0.2) is 4.96 Å². The van der Waals surface area contributed by atoms with E-state index in [-0.39, 0.29) is 5.88 Å². The largest absolute Gasteiger partial charge is 0.288 e. The van der Waals surface area contributed by atoms with Gasteiger partial charge in [0, 0.05) is 11.6 Å². The Morgan fingerprint density at radius 1 is 1.53 bits per heavy atom. The van der Waals surface area contributed by atoms with Crippen LogP contribution in [0.1, 0.15) is 16.2 Å². The Hall–Kier alpha value is -1.60. The molecule has 0 aliphatic heterocycles. The van der Waals surface area contributed by atoms with Crippen molar-refractivity contribution in [1.82, 2.24) is 20.2 Å². The van der Waals surface area contributed by atoms with Gasteiger partial charge in [0.2, 0.25) is 0 Å². The normalized spacial score (nSPS) is 10.5. The molecule has 2 rings (SSSR count). The quantitative estimate of drug-likeness (QED) is 0.624. The monoisotopic (exact) mass is 272 g/mol. The van der Waals surface area contributed by atoms with E-state index in [9.17, 15) is 9.59 Å². The summed E-state index contributed by atoms with van der Waals surface area (Å²) in [7, 11) is 0. The smallest absolute Gasteiger partial charge is 0.286 e. The molecule has 2 heterocycles. The maximum Gasteiger partial charge on any atom is 0.288 e. The molecule has 0 saturated carbocycles. The van der Waals surface area contributed by atoms with Crippen LogP contribution in [0, 0.1) is 6.92 Å². The number of hydrazine groups is 1. The van der Waals surface area contributed by atoms with Gasteiger partial charge in [0.05, 0.1) is 5.69 Å². The van der Waals surface area contributed by atoms with E-state index >= 15 is 0 Å². The summed E-state index contributed by atoms with van der Waals surface area (Å²) in [5, 5.41) is 1.83. The van der Waals surface area contributed by atoms with Crippen LogP contribution in [-0.4, -0.2) is 27.1 Å². The molecule has 2 aromatic heterocycles. The minimum absolute atomic E-state index is 0.209. The number of carbonyl (C=O) groups excluding carboxylic acids is 2. The second-order valence-electron chi connectivity index (χ2n) is 3.24. The Balaban J connectivity index is 2.21. The van der Waals surface area contributed by atoms with Crippen LogP contribution in [0.3, 0.4) is 0 Å². The number of rotatable bonds is 2. The van der Waals surface area contributed by atoms with Gasteiger partial charge in [-0.1, -0.05) is 0 Å². The Labute approximate surface area is 106 Å². The highest BCUT2D eigenvalue weighted by Gasteiger charge is 2.17. The molecule has 2 amide bonds. The number of nitrogens with one attached hydrogen (secondary N) is 2. The molecule has 0 bridgehead atoms. The fraction of sp³-hybridized carbons (Fsp3) is 0.222. The summed E-state index contributed by atoms with van der Waals surface area (Å²) in [6.07, 6.45) is 1.75. The molecular weight excluding hydrogens is 264 g/mol. The van der Waals surface area contributed by atoms with Crippen LogP contribution < -0.4 is 10.9 Å². The first-order valence-corrected chi connectivity index (χ1v) is 6.12. The lowest BCUT2D eigenvalue weighted by Crippen LogP contribution is -2.42. The van der Waals surface area contributed by atoms with Crippen molar-refractivity contribution in [2.45, 2.75) is 6.92 Å². The van der Waals surface area contributed by atoms with E-state index in [1.165, 1.54) is 11.3 Å². The van der Waals surface area contributed by atoms with Gasteiger partial charge in [0.1, 0.15) is 11.6 Å². The van der Waals surface area contributed by atoms with Gasteiger partial charge >= 0.3 is 0 Å². The van der Waals surface area contributed by atoms with Crippen molar-refractivity contribution in [2.24, 2.45) is 0 Å². The molecular formula is C9H9ClN4O2S. The first kappa shape index (κ1) is 11.9. The highest BCUT2D eigenvalue weighted by atomic mass is 35.5. The summed E-state index contributed by atoms with van der Waals surface area (Å²) in [5.74, 6) is -1.10. The summed E-state index contributed by atoms with van der Waals surface area (Å²) in [4.78, 5) is 27.7. The number of halogens is 1. The fourth-order valence-corrected chi connectivity index (χ4v) is 2.21. The maximum absolute atomic E-state index is 11.8. The van der Waals surface area contributed by atoms with Crippen molar-refractivity contribution in [2.75, 3.05) is 5.88 Å². The summed E-state index contributed by atoms with van der Waals surface area (Å²) in [6.45, 7) is 1.73. The van der Waals surface area contributed by atoms with Crippen LogP contribution in [0.4, 0.5) is 0 Å². The molecule has 8 heteroatoms. The highest BCUT2D eigenvalue weighted by molar-refractivity contribution is 7.15. The topological polar surface area (TPSA) is 75.5 Å². The lowest BCUT2D eigenvalue weighted by Gasteiger charge is -2.05. The SMILES string of the molecule is Cc1nc2sccn2c1C(=O)NNC(=O)CCl. The van der Waals surface area contributed by atoms with Gasteiger partial charge in [-0.15, -0.1) is 22.9 Å². The second kappa shape index (κ2) is 4.72. The van der Waals surface area contributed by atoms with Crippen molar-refractivity contribution in [1.29, 1.82) is 0 Å². The van der Waals surface area contributed by atoms with Gasteiger partial charge in [-0.3, -0.25) is 24.8 Å². The molecule has 0 atom stereocenters. The number of amides is 2. The molecule has 2 aromatic rings. The predicted molar refractivity (Wildman–Crippen MR) is 64.1 cm³/mol. The Morgan fingerprint density at radius 2 is 2.29 bits per heavy atom. The third kappa shape index (κ3) is 2.25. The second-order valence-corrected chi connectivity index (χ2v) is 4.38. The van der Waals surface area contributed by atoms with Crippen LogP contribution in [0.15, 0.2) is 11.6 Å². The number of aromatic nitrogens is 2. The summed E-state index contributed by atoms with van der Waals surface area (Å²) in [5.41, 5.74) is 5.48. The number of hydrogen-bond donors (Lipinski definition) is 2. The van der Waals surface area contributed by atoms with Gasteiger partial charge in [-0.25, -0.2) is 4.98 Å². The minimum Gasteiger partial charge on any atom is -0.286 e. The summed E-state index contributed by atoms with van der Waals surface area (Å²) >= 11 is 6.72. The molecule has 6 nitrogen and oxygen atoms in total. The van der Waals surface area contributed by atoms with Gasteiger partial charge in [0.25, 0.3) is 11.8 Å². The van der Waals surface area contributed by atoms with Crippen LogP contribution in [0.25, 0.3) is 4.96 Å². The predicted octanol–water partition coefficient (Wildman–Crippen LogP) is 0.704. The average molecular weight is 273 g/mol. The van der Waals surface area contributed by atoms with E-state index in [1.807, 2.05) is 5.38 Å². The average Bonchev–Trinajstić information content (AvgIpc) is 2.84. The zero-order valence-electron chi connectivity index (χ0n) is 8.86. The van der Waals surface area contributed by atoms with E-state index < -0.39 is 11.8 Å². The molecule has 0 radical (unpaired) electrons. The Morgan fingerprint density at radius 3 is 3.00 bits per heavy atom. The van der Waals surface area contributed by atoms with Crippen LogP contribution in [-0.2, 0) is 4.79 Å². The molecule has 0 unspecified atom stereocenters. The summed E-state index contributed by atoms with van der Waals surface area (Å²) < 4.78 is 1.67. The number of carbonyl (C=O) groups is 2. The zero-order chi connectivity index (χ0) is 12.4. The molecule has 0 aliphatic carbocycles. The molecule has 0 saturated heterocycles. The minimum atomic E-state index is -0.469. The molecule has 0 aromatic carbocycles. The molecule has 17 heavy (non-hydrogen) atoms. The number of alkyl halides is 1. The first-order valence-electron chi connectivity index (χ1n) is 4.70. The maximum atomic E-state index is 11.8. The zero-order valence-corrected chi connectivity index (χ0v) is 10.4. The number of fused-ring (bicyclic) bond motifs is 1. The van der Waals surface area contributed by atoms with E-state index in [4.69, 9.17) is 11.6 Å². The number of nitrogens with zero attached hydrogens (tertiary/aromatic N) is 2. The standard InChI is InChI=1S/C9H9ClN4O2S/c1-5-7(8(16)13-12-6(15)4-10)14-2-3-17-9(14)11-5/h2-3H,4H2,1H3,(H,12,15)(H,13,16). The lowest BCUT2D eigenvalue weighted by atomic mass is 10.3. The van der Waals surface area contributed by atoms with E-state index in [2.05, 4.69) is 15.8 Å². The third-order valence-corrected chi connectivity index (χ3v) is 3.09. The number of thiazole rings is 1. The first-order chi connectivity index (χ1) is 8.13. The van der Waals surface area contributed by atoms with Crippen molar-refractivity contribution < 1.29 is 9.59 Å². The van der Waals surface area contributed by atoms with Crippen molar-refractivity contribution in [3.63, 3.8) is 0 Å². The third-order valence-electron chi connectivity index (χ3n) is 2.09.